The van der Waals surface area contributed by atoms with Crippen LogP contribution in [0.25, 0.3) is 11.3 Å². The van der Waals surface area contributed by atoms with Crippen molar-refractivity contribution in [2.45, 2.75) is 6.92 Å². The number of hydrogen-bond donors (Lipinski definition) is 2. The van der Waals surface area contributed by atoms with E-state index in [1.807, 2.05) is 0 Å². The van der Waals surface area contributed by atoms with E-state index >= 15 is 0 Å². The molecule has 3 aromatic rings. The number of carbonyl (C=O) groups excluding carboxylic acids is 1. The number of amides is 1. The molecule has 7 heteroatoms. The fourth-order valence-electron chi connectivity index (χ4n) is 2.42. The summed E-state index contributed by atoms with van der Waals surface area (Å²) in [6.45, 7) is 1.80. The largest absolute Gasteiger partial charge is 0.497 e. The Labute approximate surface area is 154 Å². The monoisotopic (exact) mass is 369 g/mol. The molecule has 0 saturated carbocycles. The second kappa shape index (κ2) is 7.41. The lowest BCUT2D eigenvalue weighted by molar-refractivity contribution is 0.102. The second-order valence-corrected chi connectivity index (χ2v) is 5.99. The third kappa shape index (κ3) is 3.75. The lowest BCUT2D eigenvalue weighted by atomic mass is 10.1. The maximum atomic E-state index is 12.5. The van der Waals surface area contributed by atoms with Crippen LogP contribution >= 0.6 is 11.6 Å². The van der Waals surface area contributed by atoms with Crippen LogP contribution in [0.1, 0.15) is 16.1 Å². The molecule has 0 spiro atoms. The highest BCUT2D eigenvalue weighted by Crippen LogP contribution is 2.24. The highest BCUT2D eigenvalue weighted by atomic mass is 35.5. The molecule has 0 aliphatic heterocycles. The van der Waals surface area contributed by atoms with E-state index in [2.05, 4.69) is 15.3 Å². The number of hydrogen-bond acceptors (Lipinski definition) is 4. The Morgan fingerprint density at radius 1 is 1.19 bits per heavy atom. The van der Waals surface area contributed by atoms with Gasteiger partial charge in [-0.15, -0.1) is 0 Å². The number of H-pyrrole nitrogens is 1. The molecular formula is C19H16ClN3O3. The van der Waals surface area contributed by atoms with Crippen LogP contribution in [-0.4, -0.2) is 23.0 Å². The molecule has 26 heavy (non-hydrogen) atoms. The van der Waals surface area contributed by atoms with Crippen LogP contribution in [0.3, 0.4) is 0 Å². The maximum Gasteiger partial charge on any atom is 0.346 e. The van der Waals surface area contributed by atoms with E-state index in [1.165, 1.54) is 6.07 Å². The quantitative estimate of drug-likeness (QED) is 0.735. The Bertz CT molecular complexity index is 1010. The van der Waals surface area contributed by atoms with Gasteiger partial charge >= 0.3 is 5.69 Å². The average Bonchev–Trinajstić information content (AvgIpc) is 2.65. The van der Waals surface area contributed by atoms with Crippen molar-refractivity contribution >= 4 is 23.2 Å². The molecule has 2 N–H and O–H groups in total. The van der Waals surface area contributed by atoms with Gasteiger partial charge < -0.3 is 15.0 Å². The molecule has 0 aliphatic rings. The summed E-state index contributed by atoms with van der Waals surface area (Å²) in [6.07, 6.45) is 0. The maximum absolute atomic E-state index is 12.5. The molecule has 0 fully saturated rings. The lowest BCUT2D eigenvalue weighted by Crippen LogP contribution is -2.21. The number of methoxy groups -OCH3 is 1. The first-order valence-electron chi connectivity index (χ1n) is 7.80. The van der Waals surface area contributed by atoms with Crippen LogP contribution in [0.5, 0.6) is 5.75 Å². The Morgan fingerprint density at radius 3 is 2.62 bits per heavy atom. The van der Waals surface area contributed by atoms with Crippen LogP contribution < -0.4 is 15.7 Å². The van der Waals surface area contributed by atoms with Gasteiger partial charge in [-0.05, 0) is 55.0 Å². The summed E-state index contributed by atoms with van der Waals surface area (Å²) in [5, 5.41) is 3.30. The van der Waals surface area contributed by atoms with Gasteiger partial charge in [0.2, 0.25) is 0 Å². The summed E-state index contributed by atoms with van der Waals surface area (Å²) < 4.78 is 5.11. The Morgan fingerprint density at radius 2 is 1.92 bits per heavy atom. The van der Waals surface area contributed by atoms with Gasteiger partial charge in [0.1, 0.15) is 11.4 Å². The van der Waals surface area contributed by atoms with Crippen molar-refractivity contribution in [3.63, 3.8) is 0 Å². The molecule has 0 aliphatic carbocycles. The minimum Gasteiger partial charge on any atom is -0.497 e. The van der Waals surface area contributed by atoms with E-state index in [4.69, 9.17) is 16.3 Å². The molecule has 6 nitrogen and oxygen atoms in total. The number of halogens is 1. The first kappa shape index (κ1) is 17.7. The van der Waals surface area contributed by atoms with Crippen LogP contribution in [0.4, 0.5) is 5.69 Å². The first-order chi connectivity index (χ1) is 12.5. The average molecular weight is 370 g/mol. The molecule has 0 saturated heterocycles. The van der Waals surface area contributed by atoms with E-state index in [1.54, 1.807) is 56.5 Å². The molecule has 2 aromatic carbocycles. The topological polar surface area (TPSA) is 84.1 Å². The van der Waals surface area contributed by atoms with E-state index in [0.717, 1.165) is 5.56 Å². The van der Waals surface area contributed by atoms with Crippen LogP contribution in [-0.2, 0) is 0 Å². The van der Waals surface area contributed by atoms with Gasteiger partial charge in [0.15, 0.2) is 0 Å². The van der Waals surface area contributed by atoms with Crippen LogP contribution in [0, 0.1) is 6.92 Å². The fraction of sp³-hybridized carbons (Fsp3) is 0.105. The number of aromatic amines is 1. The van der Waals surface area contributed by atoms with Gasteiger partial charge in [-0.1, -0.05) is 17.7 Å². The standard InChI is InChI=1S/C19H16ClN3O3/c1-11-14(20)4-3-5-15(11)21-18(24)17-10-16(22-19(25)23-17)12-6-8-13(26-2)9-7-12/h3-10H,1-2H3,(H,21,24)(H,22,23,25). The van der Waals surface area contributed by atoms with Crippen molar-refractivity contribution < 1.29 is 9.53 Å². The molecule has 1 heterocycles. The van der Waals surface area contributed by atoms with Gasteiger partial charge in [0, 0.05) is 16.3 Å². The number of nitrogens with zero attached hydrogens (tertiary/aromatic N) is 1. The highest BCUT2D eigenvalue weighted by Gasteiger charge is 2.13. The smallest absolute Gasteiger partial charge is 0.346 e. The lowest BCUT2D eigenvalue weighted by Gasteiger charge is -2.10. The van der Waals surface area contributed by atoms with Gasteiger partial charge in [0.05, 0.1) is 12.8 Å². The van der Waals surface area contributed by atoms with E-state index < -0.39 is 11.6 Å². The molecular weight excluding hydrogens is 354 g/mol. The van der Waals surface area contributed by atoms with Gasteiger partial charge in [-0.3, -0.25) is 4.79 Å². The summed E-state index contributed by atoms with van der Waals surface area (Å²) in [6, 6.07) is 13.8. The van der Waals surface area contributed by atoms with Gasteiger partial charge in [0.25, 0.3) is 5.91 Å². The first-order valence-corrected chi connectivity index (χ1v) is 8.18. The summed E-state index contributed by atoms with van der Waals surface area (Å²) in [4.78, 5) is 30.8. The summed E-state index contributed by atoms with van der Waals surface area (Å²) >= 11 is 6.07. The number of nitrogens with one attached hydrogen (secondary N) is 2. The Kier molecular flexibility index (Phi) is 5.04. The number of anilines is 1. The van der Waals surface area contributed by atoms with Crippen LogP contribution in [0.15, 0.2) is 53.3 Å². The fourth-order valence-corrected chi connectivity index (χ4v) is 2.60. The van der Waals surface area contributed by atoms with E-state index in [-0.39, 0.29) is 5.69 Å². The molecule has 1 aromatic heterocycles. The zero-order chi connectivity index (χ0) is 18.7. The SMILES string of the molecule is COc1ccc(-c2cc(C(=O)Nc3cccc(Cl)c3C)[nH]c(=O)n2)cc1. The number of carbonyl (C=O) groups is 1. The van der Waals surface area contributed by atoms with Crippen molar-refractivity contribution in [1.82, 2.24) is 9.97 Å². The summed E-state index contributed by atoms with van der Waals surface area (Å²) in [7, 11) is 1.57. The minimum absolute atomic E-state index is 0.107. The molecule has 0 radical (unpaired) electrons. The molecule has 1 amide bonds. The van der Waals surface area contributed by atoms with Gasteiger partial charge in [-0.25, -0.2) is 4.79 Å². The molecule has 0 unspecified atom stereocenters. The predicted molar refractivity (Wildman–Crippen MR) is 101 cm³/mol. The van der Waals surface area contributed by atoms with Crippen LogP contribution in [0.2, 0.25) is 5.02 Å². The Hall–Kier alpha value is -3.12. The summed E-state index contributed by atoms with van der Waals surface area (Å²) in [5.74, 6) is 0.234. The third-order valence-electron chi connectivity index (χ3n) is 3.89. The Balaban J connectivity index is 1.92. The molecule has 132 valence electrons. The number of rotatable bonds is 4. The zero-order valence-electron chi connectivity index (χ0n) is 14.2. The zero-order valence-corrected chi connectivity index (χ0v) is 14.9. The third-order valence-corrected chi connectivity index (χ3v) is 4.30. The van der Waals surface area contributed by atoms with Crippen molar-refractivity contribution in [2.24, 2.45) is 0 Å². The van der Waals surface area contributed by atoms with Crippen molar-refractivity contribution in [3.05, 3.63) is 75.3 Å². The molecule has 0 bridgehead atoms. The molecule has 3 rings (SSSR count). The van der Waals surface area contributed by atoms with E-state index in [0.29, 0.717) is 27.7 Å². The van der Waals surface area contributed by atoms with Crippen molar-refractivity contribution in [3.8, 4) is 17.0 Å². The second-order valence-electron chi connectivity index (χ2n) is 5.58. The van der Waals surface area contributed by atoms with Crippen molar-refractivity contribution in [1.29, 1.82) is 0 Å². The normalized spacial score (nSPS) is 10.4. The minimum atomic E-state index is -0.605. The number of aromatic nitrogens is 2. The van der Waals surface area contributed by atoms with Gasteiger partial charge in [-0.2, -0.15) is 4.98 Å². The number of benzene rings is 2. The van der Waals surface area contributed by atoms with Crippen molar-refractivity contribution in [2.75, 3.05) is 12.4 Å². The number of ether oxygens (including phenoxy) is 1. The predicted octanol–water partition coefficient (Wildman–Crippen LogP) is 3.66. The molecule has 0 atom stereocenters. The van der Waals surface area contributed by atoms with E-state index in [9.17, 15) is 9.59 Å². The summed E-state index contributed by atoms with van der Waals surface area (Å²) in [5.41, 5.74) is 1.91. The highest BCUT2D eigenvalue weighted by molar-refractivity contribution is 6.31.